The number of amides is 1. The first-order valence-electron chi connectivity index (χ1n) is 6.58. The maximum Gasteiger partial charge on any atom is 0.410 e. The van der Waals surface area contributed by atoms with Crippen LogP contribution in [0, 0.1) is 3.57 Å². The highest BCUT2D eigenvalue weighted by atomic mass is 127. The van der Waals surface area contributed by atoms with Crippen LogP contribution in [0.5, 0.6) is 0 Å². The van der Waals surface area contributed by atoms with Crippen LogP contribution in [0.1, 0.15) is 38.7 Å². The van der Waals surface area contributed by atoms with E-state index < -0.39 is 5.60 Å². The molecule has 0 saturated carbocycles. The summed E-state index contributed by atoms with van der Waals surface area (Å²) in [5, 5.41) is 0. The topological polar surface area (TPSA) is 29.5 Å². The van der Waals surface area contributed by atoms with Crippen LogP contribution in [0.25, 0.3) is 0 Å². The first-order chi connectivity index (χ1) is 8.85. The minimum Gasteiger partial charge on any atom is -0.444 e. The van der Waals surface area contributed by atoms with Gasteiger partial charge in [0, 0.05) is 22.6 Å². The molecule has 0 aromatic heterocycles. The van der Waals surface area contributed by atoms with Crippen LogP contribution in [-0.4, -0.2) is 29.7 Å². The van der Waals surface area contributed by atoms with Crippen molar-refractivity contribution in [2.75, 3.05) is 13.1 Å². The summed E-state index contributed by atoms with van der Waals surface area (Å²) in [4.78, 5) is 13.8. The van der Waals surface area contributed by atoms with Gasteiger partial charge in [-0.15, -0.1) is 0 Å². The Morgan fingerprint density at radius 1 is 1.32 bits per heavy atom. The Labute approximate surface area is 128 Å². The molecular weight excluding hydrogens is 353 g/mol. The minimum absolute atomic E-state index is 0.194. The zero-order valence-electron chi connectivity index (χ0n) is 11.6. The number of hydrogen-bond acceptors (Lipinski definition) is 2. The van der Waals surface area contributed by atoms with Crippen LogP contribution in [-0.2, 0) is 4.74 Å². The number of carbonyl (C=O) groups excluding carboxylic acids is 1. The first-order valence-corrected chi connectivity index (χ1v) is 7.66. The number of ether oxygens (including phenoxy) is 1. The van der Waals surface area contributed by atoms with Crippen LogP contribution in [0.15, 0.2) is 24.3 Å². The lowest BCUT2D eigenvalue weighted by atomic mass is 9.99. The molecule has 19 heavy (non-hydrogen) atoms. The van der Waals surface area contributed by atoms with Gasteiger partial charge >= 0.3 is 6.09 Å². The van der Waals surface area contributed by atoms with Crippen LogP contribution in [0.2, 0.25) is 0 Å². The van der Waals surface area contributed by atoms with Crippen molar-refractivity contribution in [2.24, 2.45) is 0 Å². The summed E-state index contributed by atoms with van der Waals surface area (Å²) < 4.78 is 6.65. The molecule has 1 aliphatic rings. The zero-order valence-corrected chi connectivity index (χ0v) is 13.8. The Morgan fingerprint density at radius 3 is 2.53 bits per heavy atom. The first kappa shape index (κ1) is 14.6. The molecule has 1 fully saturated rings. The van der Waals surface area contributed by atoms with E-state index in [0.717, 1.165) is 19.5 Å². The van der Waals surface area contributed by atoms with Crippen LogP contribution >= 0.6 is 22.6 Å². The van der Waals surface area contributed by atoms with E-state index in [0.29, 0.717) is 5.92 Å². The number of benzene rings is 1. The average molecular weight is 373 g/mol. The third-order valence-electron chi connectivity index (χ3n) is 3.18. The zero-order chi connectivity index (χ0) is 14.0. The molecule has 1 heterocycles. The highest BCUT2D eigenvalue weighted by molar-refractivity contribution is 14.1. The second kappa shape index (κ2) is 5.69. The van der Waals surface area contributed by atoms with E-state index in [1.165, 1.54) is 9.13 Å². The summed E-state index contributed by atoms with van der Waals surface area (Å²) >= 11 is 2.30. The average Bonchev–Trinajstić information content (AvgIpc) is 2.77. The van der Waals surface area contributed by atoms with Crippen molar-refractivity contribution in [3.05, 3.63) is 33.4 Å². The summed E-state index contributed by atoms with van der Waals surface area (Å²) in [6.45, 7) is 7.24. The number of nitrogens with zero attached hydrogens (tertiary/aromatic N) is 1. The van der Waals surface area contributed by atoms with Gasteiger partial charge in [0.1, 0.15) is 5.60 Å². The van der Waals surface area contributed by atoms with E-state index in [2.05, 4.69) is 46.9 Å². The van der Waals surface area contributed by atoms with E-state index in [1.54, 1.807) is 0 Å². The molecule has 1 aromatic carbocycles. The molecule has 0 spiro atoms. The summed E-state index contributed by atoms with van der Waals surface area (Å²) in [5.74, 6) is 0.435. The van der Waals surface area contributed by atoms with E-state index in [-0.39, 0.29) is 6.09 Å². The lowest BCUT2D eigenvalue weighted by molar-refractivity contribution is 0.0292. The molecule has 1 amide bonds. The van der Waals surface area contributed by atoms with E-state index in [1.807, 2.05) is 25.7 Å². The SMILES string of the molecule is CC(C)(C)OC(=O)N1CCC(c2ccc(I)cc2)C1. The lowest BCUT2D eigenvalue weighted by Gasteiger charge is -2.24. The van der Waals surface area contributed by atoms with E-state index >= 15 is 0 Å². The normalized spacial score (nSPS) is 19.6. The van der Waals surface area contributed by atoms with Crippen molar-refractivity contribution < 1.29 is 9.53 Å². The van der Waals surface area contributed by atoms with E-state index in [4.69, 9.17) is 4.74 Å². The molecule has 104 valence electrons. The Morgan fingerprint density at radius 2 is 1.95 bits per heavy atom. The molecule has 1 saturated heterocycles. The monoisotopic (exact) mass is 373 g/mol. The van der Waals surface area contributed by atoms with Crippen molar-refractivity contribution >= 4 is 28.7 Å². The Hall–Kier alpha value is -0.780. The molecule has 1 aromatic rings. The second-order valence-corrected chi connectivity index (χ2v) is 7.21. The Balaban J connectivity index is 1.96. The number of hydrogen-bond donors (Lipinski definition) is 0. The largest absolute Gasteiger partial charge is 0.444 e. The molecule has 1 atom stereocenters. The van der Waals surface area contributed by atoms with Gasteiger partial charge in [0.15, 0.2) is 0 Å². The van der Waals surface area contributed by atoms with E-state index in [9.17, 15) is 4.79 Å². The van der Waals surface area contributed by atoms with Crippen LogP contribution in [0.3, 0.4) is 0 Å². The van der Waals surface area contributed by atoms with Gasteiger partial charge in [0.05, 0.1) is 0 Å². The van der Waals surface area contributed by atoms with Gasteiger partial charge in [-0.05, 0) is 67.5 Å². The fourth-order valence-corrected chi connectivity index (χ4v) is 2.62. The molecule has 0 radical (unpaired) electrons. The maximum atomic E-state index is 12.0. The minimum atomic E-state index is -0.419. The lowest BCUT2D eigenvalue weighted by Crippen LogP contribution is -2.35. The number of halogens is 1. The second-order valence-electron chi connectivity index (χ2n) is 5.96. The summed E-state index contributed by atoms with van der Waals surface area (Å²) in [7, 11) is 0. The summed E-state index contributed by atoms with van der Waals surface area (Å²) in [6, 6.07) is 8.55. The van der Waals surface area contributed by atoms with Gasteiger partial charge in [-0.2, -0.15) is 0 Å². The highest BCUT2D eigenvalue weighted by Crippen LogP contribution is 2.28. The molecule has 4 heteroatoms. The van der Waals surface area contributed by atoms with Crippen LogP contribution < -0.4 is 0 Å². The molecule has 2 rings (SSSR count). The molecule has 1 aliphatic heterocycles. The van der Waals surface area contributed by atoms with Gasteiger partial charge < -0.3 is 9.64 Å². The van der Waals surface area contributed by atoms with Gasteiger partial charge in [0.2, 0.25) is 0 Å². The van der Waals surface area contributed by atoms with Gasteiger partial charge in [-0.1, -0.05) is 12.1 Å². The van der Waals surface area contributed by atoms with Crippen LogP contribution in [0.4, 0.5) is 4.79 Å². The molecule has 3 nitrogen and oxygen atoms in total. The third kappa shape index (κ3) is 4.09. The number of carbonyl (C=O) groups is 1. The van der Waals surface area contributed by atoms with Gasteiger partial charge in [-0.25, -0.2) is 4.79 Å². The van der Waals surface area contributed by atoms with Crippen molar-refractivity contribution in [1.29, 1.82) is 0 Å². The fourth-order valence-electron chi connectivity index (χ4n) is 2.26. The predicted molar refractivity (Wildman–Crippen MR) is 84.3 cm³/mol. The molecule has 0 aliphatic carbocycles. The molecule has 1 unspecified atom stereocenters. The number of likely N-dealkylation sites (tertiary alicyclic amines) is 1. The summed E-state index contributed by atoms with van der Waals surface area (Å²) in [6.07, 6.45) is 0.820. The maximum absolute atomic E-state index is 12.0. The quantitative estimate of drug-likeness (QED) is 0.696. The highest BCUT2D eigenvalue weighted by Gasteiger charge is 2.30. The Kier molecular flexibility index (Phi) is 4.38. The fraction of sp³-hybridized carbons (Fsp3) is 0.533. The van der Waals surface area contributed by atoms with Gasteiger partial charge in [0.25, 0.3) is 0 Å². The van der Waals surface area contributed by atoms with Crippen molar-refractivity contribution in [3.8, 4) is 0 Å². The predicted octanol–water partition coefficient (Wildman–Crippen LogP) is 4.02. The third-order valence-corrected chi connectivity index (χ3v) is 3.90. The van der Waals surface area contributed by atoms with Gasteiger partial charge in [-0.3, -0.25) is 0 Å². The number of rotatable bonds is 1. The standard InChI is InChI=1S/C15H20INO2/c1-15(2,3)19-14(18)17-9-8-12(10-17)11-4-6-13(16)7-5-11/h4-7,12H,8-10H2,1-3H3. The van der Waals surface area contributed by atoms with Crippen molar-refractivity contribution in [1.82, 2.24) is 4.90 Å². The molecular formula is C15H20INO2. The smallest absolute Gasteiger partial charge is 0.410 e. The van der Waals surface area contributed by atoms with Crippen molar-refractivity contribution in [2.45, 2.75) is 38.7 Å². The Bertz CT molecular complexity index is 450. The van der Waals surface area contributed by atoms with Crippen molar-refractivity contribution in [3.63, 3.8) is 0 Å². The molecule has 0 N–H and O–H groups in total. The molecule has 0 bridgehead atoms. The summed E-state index contributed by atoms with van der Waals surface area (Å²) in [5.41, 5.74) is 0.893.